The Balaban J connectivity index is 2.00. The van der Waals surface area contributed by atoms with E-state index in [0.717, 1.165) is 25.8 Å². The van der Waals surface area contributed by atoms with Gasteiger partial charge in [0.15, 0.2) is 0 Å². The highest BCUT2D eigenvalue weighted by Crippen LogP contribution is 2.13. The quantitative estimate of drug-likeness (QED) is 0.813. The molecule has 1 heterocycles. The van der Waals surface area contributed by atoms with Gasteiger partial charge in [-0.3, -0.25) is 4.68 Å². The summed E-state index contributed by atoms with van der Waals surface area (Å²) in [6.07, 6.45) is 5.07. The number of nitrogens with one attached hydrogen (secondary N) is 1. The van der Waals surface area contributed by atoms with Crippen molar-refractivity contribution < 1.29 is 8.42 Å². The van der Waals surface area contributed by atoms with E-state index in [-0.39, 0.29) is 6.54 Å². The second kappa shape index (κ2) is 7.56. The van der Waals surface area contributed by atoms with Gasteiger partial charge in [0, 0.05) is 12.7 Å². The number of unbranched alkanes of at least 4 members (excludes halogenated alkanes) is 1. The van der Waals surface area contributed by atoms with Crippen LogP contribution in [0.3, 0.4) is 0 Å². The lowest BCUT2D eigenvalue weighted by Crippen LogP contribution is -2.23. The predicted molar refractivity (Wildman–Crippen MR) is 87.0 cm³/mol. The monoisotopic (exact) mass is 321 g/mol. The summed E-state index contributed by atoms with van der Waals surface area (Å²) >= 11 is 0. The predicted octanol–water partition coefficient (Wildman–Crippen LogP) is 2.72. The van der Waals surface area contributed by atoms with Crippen LogP contribution >= 0.6 is 0 Å². The summed E-state index contributed by atoms with van der Waals surface area (Å²) in [6, 6.07) is 8.92. The Morgan fingerprint density at radius 3 is 2.45 bits per heavy atom. The van der Waals surface area contributed by atoms with E-state index < -0.39 is 10.0 Å². The number of aryl methyl sites for hydroxylation is 2. The van der Waals surface area contributed by atoms with Gasteiger partial charge in [-0.15, -0.1) is 0 Å². The van der Waals surface area contributed by atoms with E-state index in [1.54, 1.807) is 16.8 Å². The number of hydrogen-bond acceptors (Lipinski definition) is 3. The number of benzene rings is 1. The van der Waals surface area contributed by atoms with Crippen molar-refractivity contribution in [2.45, 2.75) is 51.1 Å². The molecule has 6 heteroatoms. The van der Waals surface area contributed by atoms with Crippen molar-refractivity contribution in [1.82, 2.24) is 14.5 Å². The molecule has 0 bridgehead atoms. The van der Waals surface area contributed by atoms with Gasteiger partial charge in [-0.2, -0.15) is 5.10 Å². The summed E-state index contributed by atoms with van der Waals surface area (Å²) in [5, 5.41) is 4.26. The van der Waals surface area contributed by atoms with Gasteiger partial charge in [-0.05, 0) is 43.5 Å². The topological polar surface area (TPSA) is 64.0 Å². The molecular formula is C16H23N3O2S. The average Bonchev–Trinajstić information content (AvgIpc) is 2.99. The van der Waals surface area contributed by atoms with Gasteiger partial charge in [-0.1, -0.05) is 25.5 Å². The Kier molecular flexibility index (Phi) is 5.74. The molecule has 120 valence electrons. The van der Waals surface area contributed by atoms with Gasteiger partial charge in [0.2, 0.25) is 10.0 Å². The molecule has 1 N–H and O–H groups in total. The first-order chi connectivity index (χ1) is 10.5. The summed E-state index contributed by atoms with van der Waals surface area (Å²) < 4.78 is 28.9. The van der Waals surface area contributed by atoms with Crippen LogP contribution in [0.1, 0.15) is 37.9 Å². The van der Waals surface area contributed by atoms with Crippen LogP contribution in [-0.2, 0) is 29.5 Å². The van der Waals surface area contributed by atoms with Crippen LogP contribution in [0.25, 0.3) is 0 Å². The van der Waals surface area contributed by atoms with Gasteiger partial charge in [0.25, 0.3) is 0 Å². The van der Waals surface area contributed by atoms with Crippen LogP contribution in [-0.4, -0.2) is 18.2 Å². The highest BCUT2D eigenvalue weighted by molar-refractivity contribution is 7.89. The Labute approximate surface area is 132 Å². The van der Waals surface area contributed by atoms with Crippen LogP contribution in [0.2, 0.25) is 0 Å². The Morgan fingerprint density at radius 1 is 1.14 bits per heavy atom. The average molecular weight is 321 g/mol. The number of sulfonamides is 1. The minimum Gasteiger partial charge on any atom is -0.273 e. The smallest absolute Gasteiger partial charge is 0.240 e. The maximum absolute atomic E-state index is 12.3. The second-order valence-corrected chi connectivity index (χ2v) is 7.00. The zero-order chi connectivity index (χ0) is 16.0. The van der Waals surface area contributed by atoms with Gasteiger partial charge in [-0.25, -0.2) is 13.1 Å². The Bertz CT molecular complexity index is 690. The SMILES string of the molecule is CCCCc1ccc(S(=O)(=O)NCc2ccn(CC)n2)cc1. The van der Waals surface area contributed by atoms with Gasteiger partial charge in [0.1, 0.15) is 0 Å². The Hall–Kier alpha value is -1.66. The second-order valence-electron chi connectivity index (χ2n) is 5.23. The van der Waals surface area contributed by atoms with E-state index in [1.807, 2.05) is 31.3 Å². The van der Waals surface area contributed by atoms with E-state index in [9.17, 15) is 8.42 Å². The summed E-state index contributed by atoms with van der Waals surface area (Å²) in [7, 11) is -3.49. The van der Waals surface area contributed by atoms with E-state index in [1.165, 1.54) is 5.56 Å². The minimum absolute atomic E-state index is 0.201. The first-order valence-electron chi connectivity index (χ1n) is 7.66. The third kappa shape index (κ3) is 4.42. The third-order valence-corrected chi connectivity index (χ3v) is 4.93. The molecule has 0 atom stereocenters. The Morgan fingerprint density at radius 2 is 1.86 bits per heavy atom. The lowest BCUT2D eigenvalue weighted by Gasteiger charge is -2.07. The lowest BCUT2D eigenvalue weighted by atomic mass is 10.1. The molecule has 0 aliphatic carbocycles. The molecule has 2 aromatic rings. The molecule has 1 aromatic heterocycles. The van der Waals surface area contributed by atoms with Gasteiger partial charge < -0.3 is 0 Å². The molecule has 1 aromatic carbocycles. The summed E-state index contributed by atoms with van der Waals surface area (Å²) in [4.78, 5) is 0.294. The van der Waals surface area contributed by atoms with E-state index in [2.05, 4.69) is 16.7 Å². The molecule has 0 saturated carbocycles. The van der Waals surface area contributed by atoms with Gasteiger partial charge in [0.05, 0.1) is 17.1 Å². The fourth-order valence-electron chi connectivity index (χ4n) is 2.14. The highest BCUT2D eigenvalue weighted by atomic mass is 32.2. The molecule has 0 unspecified atom stereocenters. The number of nitrogens with zero attached hydrogens (tertiary/aromatic N) is 2. The molecule has 0 aliphatic heterocycles. The van der Waals surface area contributed by atoms with Crippen molar-refractivity contribution >= 4 is 10.0 Å². The molecule has 0 spiro atoms. The largest absolute Gasteiger partial charge is 0.273 e. The van der Waals surface area contributed by atoms with Crippen molar-refractivity contribution in [1.29, 1.82) is 0 Å². The molecule has 22 heavy (non-hydrogen) atoms. The molecule has 0 amide bonds. The molecule has 5 nitrogen and oxygen atoms in total. The van der Waals surface area contributed by atoms with Crippen LogP contribution in [0.15, 0.2) is 41.4 Å². The minimum atomic E-state index is -3.49. The summed E-state index contributed by atoms with van der Waals surface area (Å²) in [5.74, 6) is 0. The summed E-state index contributed by atoms with van der Waals surface area (Å²) in [5.41, 5.74) is 1.88. The lowest BCUT2D eigenvalue weighted by molar-refractivity contribution is 0.578. The van der Waals surface area contributed by atoms with Crippen LogP contribution in [0.4, 0.5) is 0 Å². The maximum atomic E-state index is 12.3. The highest BCUT2D eigenvalue weighted by Gasteiger charge is 2.14. The standard InChI is InChI=1S/C16H23N3O2S/c1-3-5-6-14-7-9-16(10-8-14)22(20,21)17-13-15-11-12-19(4-2)18-15/h7-12,17H,3-6,13H2,1-2H3. The molecule has 0 radical (unpaired) electrons. The molecule has 2 rings (SSSR count). The molecule has 0 fully saturated rings. The van der Waals surface area contributed by atoms with Crippen molar-refractivity contribution in [3.8, 4) is 0 Å². The van der Waals surface area contributed by atoms with Crippen molar-refractivity contribution in [2.24, 2.45) is 0 Å². The van der Waals surface area contributed by atoms with E-state index in [0.29, 0.717) is 10.6 Å². The van der Waals surface area contributed by atoms with Crippen LogP contribution in [0, 0.1) is 0 Å². The number of rotatable bonds is 8. The normalized spacial score (nSPS) is 11.7. The summed E-state index contributed by atoms with van der Waals surface area (Å²) in [6.45, 7) is 5.10. The first-order valence-corrected chi connectivity index (χ1v) is 9.14. The van der Waals surface area contributed by atoms with Crippen molar-refractivity contribution in [2.75, 3.05) is 0 Å². The van der Waals surface area contributed by atoms with E-state index in [4.69, 9.17) is 0 Å². The first kappa shape index (κ1) is 16.7. The fourth-order valence-corrected chi connectivity index (χ4v) is 3.14. The van der Waals surface area contributed by atoms with Crippen molar-refractivity contribution in [3.05, 3.63) is 47.8 Å². The van der Waals surface area contributed by atoms with Crippen LogP contribution in [0.5, 0.6) is 0 Å². The number of hydrogen-bond donors (Lipinski definition) is 1. The van der Waals surface area contributed by atoms with Crippen molar-refractivity contribution in [3.63, 3.8) is 0 Å². The maximum Gasteiger partial charge on any atom is 0.240 e. The fraction of sp³-hybridized carbons (Fsp3) is 0.438. The third-order valence-electron chi connectivity index (χ3n) is 3.52. The molecule has 0 aliphatic rings. The van der Waals surface area contributed by atoms with Gasteiger partial charge >= 0.3 is 0 Å². The van der Waals surface area contributed by atoms with Crippen LogP contribution < -0.4 is 4.72 Å². The molecule has 0 saturated heterocycles. The number of aromatic nitrogens is 2. The zero-order valence-corrected chi connectivity index (χ0v) is 13.9. The van der Waals surface area contributed by atoms with E-state index >= 15 is 0 Å². The molecular weight excluding hydrogens is 298 g/mol. The zero-order valence-electron chi connectivity index (χ0n) is 13.1.